The highest BCUT2D eigenvalue weighted by atomic mass is 16.2. The predicted molar refractivity (Wildman–Crippen MR) is 82.1 cm³/mol. The van der Waals surface area contributed by atoms with Gasteiger partial charge in [0.05, 0.1) is 17.2 Å². The van der Waals surface area contributed by atoms with Crippen LogP contribution in [0.2, 0.25) is 0 Å². The molecule has 0 bridgehead atoms. The maximum absolute atomic E-state index is 12.3. The van der Waals surface area contributed by atoms with Gasteiger partial charge in [0.2, 0.25) is 5.91 Å². The Hall–Kier alpha value is -1.92. The van der Waals surface area contributed by atoms with E-state index in [2.05, 4.69) is 15.5 Å². The summed E-state index contributed by atoms with van der Waals surface area (Å²) < 4.78 is 0. The Morgan fingerprint density at radius 3 is 2.81 bits per heavy atom. The molecule has 1 saturated heterocycles. The molecule has 1 aromatic rings. The van der Waals surface area contributed by atoms with E-state index in [0.29, 0.717) is 24.3 Å². The molecule has 4 N–H and O–H groups in total. The average molecular weight is 290 g/mol. The van der Waals surface area contributed by atoms with Gasteiger partial charge in [-0.3, -0.25) is 9.59 Å². The first kappa shape index (κ1) is 15.5. The average Bonchev–Trinajstić information content (AvgIpc) is 2.92. The van der Waals surface area contributed by atoms with Crippen molar-refractivity contribution >= 4 is 17.5 Å². The number of carbonyl (C=O) groups is 2. The molecule has 0 radical (unpaired) electrons. The number of nitrogens with two attached hydrogens (primary N) is 1. The largest absolute Gasteiger partial charge is 0.351 e. The fourth-order valence-electron chi connectivity index (χ4n) is 2.45. The van der Waals surface area contributed by atoms with E-state index < -0.39 is 0 Å². The van der Waals surface area contributed by atoms with Crippen molar-refractivity contribution in [3.05, 3.63) is 29.8 Å². The van der Waals surface area contributed by atoms with E-state index in [9.17, 15) is 9.59 Å². The highest BCUT2D eigenvalue weighted by molar-refractivity contribution is 6.04. The van der Waals surface area contributed by atoms with Crippen LogP contribution in [-0.2, 0) is 4.79 Å². The molecule has 6 heteroatoms. The van der Waals surface area contributed by atoms with Crippen LogP contribution in [0.25, 0.3) is 0 Å². The van der Waals surface area contributed by atoms with Crippen LogP contribution < -0.4 is 16.4 Å². The third-order valence-corrected chi connectivity index (χ3v) is 3.62. The molecule has 2 amide bonds. The van der Waals surface area contributed by atoms with Crippen LogP contribution in [0.4, 0.5) is 5.69 Å². The Kier molecular flexibility index (Phi) is 5.30. The number of hydrogen-bond acceptors (Lipinski definition) is 4. The normalized spacial score (nSPS) is 18.5. The number of anilines is 1. The third-order valence-electron chi connectivity index (χ3n) is 3.62. The minimum Gasteiger partial charge on any atom is -0.351 e. The molecule has 0 aromatic heterocycles. The van der Waals surface area contributed by atoms with Crippen LogP contribution >= 0.6 is 0 Å². The van der Waals surface area contributed by atoms with Crippen LogP contribution in [0.5, 0.6) is 0 Å². The third kappa shape index (κ3) is 4.03. The van der Waals surface area contributed by atoms with E-state index in [-0.39, 0.29) is 17.7 Å². The Balaban J connectivity index is 2.06. The Bertz CT molecular complexity index is 518. The number of nitrogens with one attached hydrogen (secondary N) is 2. The SMILES string of the molecule is CN1CCC(C(=O)Nc2ccccc2C(=O)NCCN)C1. The Morgan fingerprint density at radius 1 is 1.38 bits per heavy atom. The summed E-state index contributed by atoms with van der Waals surface area (Å²) in [7, 11) is 2.00. The molecular weight excluding hydrogens is 268 g/mol. The molecule has 1 unspecified atom stereocenters. The summed E-state index contributed by atoms with van der Waals surface area (Å²) in [4.78, 5) is 26.4. The maximum Gasteiger partial charge on any atom is 0.253 e. The standard InChI is InChI=1S/C15H22N4O2/c1-19-9-6-11(10-19)14(20)18-13-5-3-2-4-12(13)15(21)17-8-7-16/h2-5,11H,6-10,16H2,1H3,(H,17,21)(H,18,20). The van der Waals surface area contributed by atoms with E-state index in [1.807, 2.05) is 7.05 Å². The molecule has 114 valence electrons. The van der Waals surface area contributed by atoms with Crippen molar-refractivity contribution in [2.75, 3.05) is 38.5 Å². The van der Waals surface area contributed by atoms with Crippen LogP contribution in [0.15, 0.2) is 24.3 Å². The first-order valence-electron chi connectivity index (χ1n) is 7.18. The Labute approximate surface area is 124 Å². The fraction of sp³-hybridized carbons (Fsp3) is 0.467. The molecule has 0 spiro atoms. The molecule has 0 aliphatic carbocycles. The van der Waals surface area contributed by atoms with Crippen molar-refractivity contribution in [3.63, 3.8) is 0 Å². The zero-order valence-electron chi connectivity index (χ0n) is 12.3. The van der Waals surface area contributed by atoms with E-state index in [1.165, 1.54) is 0 Å². The topological polar surface area (TPSA) is 87.5 Å². The first-order valence-corrected chi connectivity index (χ1v) is 7.18. The molecule has 1 aliphatic rings. The summed E-state index contributed by atoms with van der Waals surface area (Å²) in [6.07, 6.45) is 0.851. The van der Waals surface area contributed by atoms with Gasteiger partial charge in [-0.1, -0.05) is 12.1 Å². The Morgan fingerprint density at radius 2 is 2.14 bits per heavy atom. The summed E-state index contributed by atoms with van der Waals surface area (Å²) in [6, 6.07) is 7.02. The van der Waals surface area contributed by atoms with Gasteiger partial charge in [-0.15, -0.1) is 0 Å². The molecule has 1 aliphatic heterocycles. The summed E-state index contributed by atoms with van der Waals surface area (Å²) in [5.74, 6) is -0.270. The van der Waals surface area contributed by atoms with Crippen LogP contribution in [0.1, 0.15) is 16.8 Å². The molecule has 1 heterocycles. The summed E-state index contributed by atoms with van der Waals surface area (Å²) >= 11 is 0. The monoisotopic (exact) mass is 290 g/mol. The summed E-state index contributed by atoms with van der Waals surface area (Å²) in [5, 5.41) is 5.59. The summed E-state index contributed by atoms with van der Waals surface area (Å²) in [5.41, 5.74) is 6.39. The second kappa shape index (κ2) is 7.19. The number of amides is 2. The lowest BCUT2D eigenvalue weighted by atomic mass is 10.1. The molecule has 6 nitrogen and oxygen atoms in total. The molecule has 1 fully saturated rings. The van der Waals surface area contributed by atoms with Crippen LogP contribution in [0.3, 0.4) is 0 Å². The zero-order valence-corrected chi connectivity index (χ0v) is 12.3. The van der Waals surface area contributed by atoms with Gasteiger partial charge in [0.1, 0.15) is 0 Å². The molecule has 21 heavy (non-hydrogen) atoms. The van der Waals surface area contributed by atoms with Crippen LogP contribution in [0, 0.1) is 5.92 Å². The quantitative estimate of drug-likeness (QED) is 0.726. The lowest BCUT2D eigenvalue weighted by molar-refractivity contribution is -0.119. The van der Waals surface area contributed by atoms with Gasteiger partial charge in [-0.05, 0) is 32.1 Å². The first-order chi connectivity index (χ1) is 10.1. The van der Waals surface area contributed by atoms with Gasteiger partial charge in [0.25, 0.3) is 5.91 Å². The number of nitrogens with zero attached hydrogens (tertiary/aromatic N) is 1. The molecular formula is C15H22N4O2. The second-order valence-electron chi connectivity index (χ2n) is 5.33. The van der Waals surface area contributed by atoms with E-state index in [4.69, 9.17) is 5.73 Å². The number of likely N-dealkylation sites (tertiary alicyclic amines) is 1. The van der Waals surface area contributed by atoms with E-state index >= 15 is 0 Å². The number of benzene rings is 1. The zero-order chi connectivity index (χ0) is 15.2. The number of rotatable bonds is 5. The lowest BCUT2D eigenvalue weighted by Crippen LogP contribution is -2.31. The van der Waals surface area contributed by atoms with Gasteiger partial charge in [0, 0.05) is 19.6 Å². The van der Waals surface area contributed by atoms with Gasteiger partial charge in [0.15, 0.2) is 0 Å². The van der Waals surface area contributed by atoms with Crippen molar-refractivity contribution in [2.24, 2.45) is 11.7 Å². The van der Waals surface area contributed by atoms with Crippen molar-refractivity contribution in [1.29, 1.82) is 0 Å². The highest BCUT2D eigenvalue weighted by Crippen LogP contribution is 2.20. The molecule has 1 atom stereocenters. The predicted octanol–water partition coefficient (Wildman–Crippen LogP) is 0.265. The van der Waals surface area contributed by atoms with Gasteiger partial charge < -0.3 is 21.3 Å². The van der Waals surface area contributed by atoms with E-state index in [1.54, 1.807) is 24.3 Å². The smallest absolute Gasteiger partial charge is 0.253 e. The van der Waals surface area contributed by atoms with Crippen LogP contribution in [-0.4, -0.2) is 49.9 Å². The summed E-state index contributed by atoms with van der Waals surface area (Å²) in [6.45, 7) is 2.48. The van der Waals surface area contributed by atoms with E-state index in [0.717, 1.165) is 19.5 Å². The van der Waals surface area contributed by atoms with Crippen molar-refractivity contribution < 1.29 is 9.59 Å². The number of carbonyl (C=O) groups excluding carboxylic acids is 2. The molecule has 1 aromatic carbocycles. The van der Waals surface area contributed by atoms with Crippen molar-refractivity contribution in [3.8, 4) is 0 Å². The maximum atomic E-state index is 12.3. The second-order valence-corrected chi connectivity index (χ2v) is 5.33. The van der Waals surface area contributed by atoms with Gasteiger partial charge in [-0.25, -0.2) is 0 Å². The minimum atomic E-state index is -0.222. The molecule has 0 saturated carbocycles. The van der Waals surface area contributed by atoms with Crippen molar-refractivity contribution in [2.45, 2.75) is 6.42 Å². The van der Waals surface area contributed by atoms with Gasteiger partial charge in [-0.2, -0.15) is 0 Å². The van der Waals surface area contributed by atoms with Gasteiger partial charge >= 0.3 is 0 Å². The molecule has 2 rings (SSSR count). The number of hydrogen-bond donors (Lipinski definition) is 3. The van der Waals surface area contributed by atoms with Crippen molar-refractivity contribution in [1.82, 2.24) is 10.2 Å². The lowest BCUT2D eigenvalue weighted by Gasteiger charge is -2.14. The highest BCUT2D eigenvalue weighted by Gasteiger charge is 2.26. The fourth-order valence-corrected chi connectivity index (χ4v) is 2.45. The number of para-hydroxylation sites is 1. The minimum absolute atomic E-state index is 0.0184.